The highest BCUT2D eigenvalue weighted by Crippen LogP contribution is 2.29. The Kier molecular flexibility index (Phi) is 5.08. The van der Waals surface area contributed by atoms with Gasteiger partial charge >= 0.3 is 0 Å². The first kappa shape index (κ1) is 19.2. The van der Waals surface area contributed by atoms with Crippen molar-refractivity contribution in [2.24, 2.45) is 0 Å². The lowest BCUT2D eigenvalue weighted by atomic mass is 10.0. The van der Waals surface area contributed by atoms with Gasteiger partial charge < -0.3 is 10.2 Å². The smallest absolute Gasteiger partial charge is 0.253 e. The average Bonchev–Trinajstić information content (AvgIpc) is 3.45. The topological polar surface area (TPSA) is 86.8 Å². The van der Waals surface area contributed by atoms with Crippen LogP contribution < -0.4 is 5.32 Å². The Balaban J connectivity index is 1.28. The molecule has 3 aromatic heterocycles. The third-order valence-corrected chi connectivity index (χ3v) is 5.74. The van der Waals surface area contributed by atoms with Gasteiger partial charge in [-0.05, 0) is 49.7 Å². The monoisotopic (exact) mass is 412 g/mol. The number of hydrogen-bond acceptors (Lipinski definition) is 5. The number of pyridine rings is 2. The number of anilines is 1. The molecular weight excluding hydrogens is 388 g/mol. The maximum Gasteiger partial charge on any atom is 0.253 e. The maximum atomic E-state index is 12.7. The van der Waals surface area contributed by atoms with Gasteiger partial charge in [0, 0.05) is 36.0 Å². The van der Waals surface area contributed by atoms with Crippen molar-refractivity contribution < 1.29 is 4.79 Å². The molecule has 0 aliphatic carbocycles. The van der Waals surface area contributed by atoms with Crippen LogP contribution in [-0.4, -0.2) is 44.1 Å². The quantitative estimate of drug-likeness (QED) is 0.519. The first-order valence-corrected chi connectivity index (χ1v) is 10.5. The number of amides is 1. The number of H-pyrrole nitrogens is 1. The van der Waals surface area contributed by atoms with Gasteiger partial charge in [0.15, 0.2) is 11.5 Å². The van der Waals surface area contributed by atoms with Gasteiger partial charge in [-0.3, -0.25) is 14.9 Å². The first-order valence-electron chi connectivity index (χ1n) is 10.5. The molecule has 1 saturated heterocycles. The van der Waals surface area contributed by atoms with Gasteiger partial charge in [-0.2, -0.15) is 5.10 Å². The van der Waals surface area contributed by atoms with Crippen LogP contribution in [0, 0.1) is 6.92 Å². The molecule has 1 aliphatic heterocycles. The molecule has 156 valence electrons. The molecular formula is C24H24N6O. The fourth-order valence-electron chi connectivity index (χ4n) is 4.10. The van der Waals surface area contributed by atoms with Crippen molar-refractivity contribution in [3.8, 4) is 0 Å². The lowest BCUT2D eigenvalue weighted by Gasteiger charge is -2.16. The Bertz CT molecular complexity index is 1220. The fraction of sp³-hybridized carbons (Fsp3) is 0.250. The van der Waals surface area contributed by atoms with Crippen LogP contribution in [0.25, 0.3) is 11.0 Å². The van der Waals surface area contributed by atoms with Gasteiger partial charge in [-0.1, -0.05) is 24.3 Å². The third kappa shape index (κ3) is 3.99. The summed E-state index contributed by atoms with van der Waals surface area (Å²) in [4.78, 5) is 24.0. The van der Waals surface area contributed by atoms with Crippen molar-refractivity contribution in [2.45, 2.75) is 25.8 Å². The number of nitrogens with zero attached hydrogens (tertiary/aromatic N) is 4. The van der Waals surface area contributed by atoms with Crippen molar-refractivity contribution in [1.82, 2.24) is 25.1 Å². The van der Waals surface area contributed by atoms with Crippen LogP contribution in [0.15, 0.2) is 60.7 Å². The molecule has 0 radical (unpaired) electrons. The number of aromatic amines is 1. The molecule has 1 aromatic carbocycles. The normalized spacial score (nSPS) is 16.0. The first-order chi connectivity index (χ1) is 15.2. The van der Waals surface area contributed by atoms with Gasteiger partial charge in [0.2, 0.25) is 0 Å². The van der Waals surface area contributed by atoms with Gasteiger partial charge in [-0.25, -0.2) is 4.98 Å². The molecule has 1 fully saturated rings. The minimum atomic E-state index is 0.0852. The molecule has 4 aromatic rings. The van der Waals surface area contributed by atoms with Crippen LogP contribution in [0.3, 0.4) is 0 Å². The van der Waals surface area contributed by atoms with E-state index in [2.05, 4.69) is 32.6 Å². The zero-order valence-electron chi connectivity index (χ0n) is 17.4. The molecule has 2 N–H and O–H groups in total. The third-order valence-electron chi connectivity index (χ3n) is 5.74. The number of hydrogen-bond donors (Lipinski definition) is 2. The molecule has 1 aliphatic rings. The standard InChI is InChI=1S/C24H24N6O/c1-16-6-5-9-19(26-16)14-25-22-20-10-11-21(27-23(20)29-28-22)18-12-13-30(15-18)24(31)17-7-3-2-4-8-17/h2-11,18H,12-15H2,1H3,(H2,25,27,28,29). The summed E-state index contributed by atoms with van der Waals surface area (Å²) in [7, 11) is 0. The summed E-state index contributed by atoms with van der Waals surface area (Å²) in [6, 6.07) is 19.5. The number of fused-ring (bicyclic) bond motifs is 1. The van der Waals surface area contributed by atoms with E-state index in [0.29, 0.717) is 13.1 Å². The molecule has 4 heterocycles. The second kappa shape index (κ2) is 8.18. The lowest BCUT2D eigenvalue weighted by molar-refractivity contribution is 0.0790. The van der Waals surface area contributed by atoms with E-state index in [-0.39, 0.29) is 11.8 Å². The molecule has 1 unspecified atom stereocenters. The zero-order chi connectivity index (χ0) is 21.2. The molecule has 1 amide bonds. The number of carbonyl (C=O) groups is 1. The number of aryl methyl sites for hydroxylation is 1. The van der Waals surface area contributed by atoms with Crippen LogP contribution in [0.5, 0.6) is 0 Å². The van der Waals surface area contributed by atoms with Gasteiger partial charge in [0.05, 0.1) is 17.6 Å². The van der Waals surface area contributed by atoms with E-state index in [1.165, 1.54) is 0 Å². The summed E-state index contributed by atoms with van der Waals surface area (Å²) in [6.07, 6.45) is 0.912. The van der Waals surface area contributed by atoms with E-state index in [9.17, 15) is 4.79 Å². The number of likely N-dealkylation sites (tertiary alicyclic amines) is 1. The predicted molar refractivity (Wildman–Crippen MR) is 120 cm³/mol. The minimum absolute atomic E-state index is 0.0852. The van der Waals surface area contributed by atoms with E-state index < -0.39 is 0 Å². The van der Waals surface area contributed by atoms with Crippen molar-refractivity contribution in [3.05, 3.63) is 83.3 Å². The summed E-state index contributed by atoms with van der Waals surface area (Å²) >= 11 is 0. The minimum Gasteiger partial charge on any atom is -0.362 e. The summed E-state index contributed by atoms with van der Waals surface area (Å²) in [5.74, 6) is 1.08. The van der Waals surface area contributed by atoms with Crippen molar-refractivity contribution in [1.29, 1.82) is 0 Å². The van der Waals surface area contributed by atoms with Gasteiger partial charge in [0.1, 0.15) is 0 Å². The number of nitrogens with one attached hydrogen (secondary N) is 2. The number of aromatic nitrogens is 4. The summed E-state index contributed by atoms with van der Waals surface area (Å²) in [5.41, 5.74) is 4.44. The Morgan fingerprint density at radius 2 is 1.97 bits per heavy atom. The lowest BCUT2D eigenvalue weighted by Crippen LogP contribution is -2.28. The highest BCUT2D eigenvalue weighted by molar-refractivity contribution is 5.94. The average molecular weight is 412 g/mol. The molecule has 5 rings (SSSR count). The SMILES string of the molecule is Cc1cccc(CNc2n[nH]c3nc(C4CCN(C(=O)c5ccccc5)C4)ccc23)n1. The Labute approximate surface area is 180 Å². The second-order valence-corrected chi connectivity index (χ2v) is 7.93. The second-order valence-electron chi connectivity index (χ2n) is 7.93. The Morgan fingerprint density at radius 3 is 2.81 bits per heavy atom. The van der Waals surface area contributed by atoms with Crippen molar-refractivity contribution in [2.75, 3.05) is 18.4 Å². The summed E-state index contributed by atoms with van der Waals surface area (Å²) < 4.78 is 0. The van der Waals surface area contributed by atoms with Crippen LogP contribution in [0.4, 0.5) is 5.82 Å². The number of benzene rings is 1. The van der Waals surface area contributed by atoms with Crippen molar-refractivity contribution >= 4 is 22.8 Å². The molecule has 7 nitrogen and oxygen atoms in total. The van der Waals surface area contributed by atoms with E-state index in [0.717, 1.165) is 52.5 Å². The largest absolute Gasteiger partial charge is 0.362 e. The van der Waals surface area contributed by atoms with E-state index >= 15 is 0 Å². The van der Waals surface area contributed by atoms with Gasteiger partial charge in [-0.15, -0.1) is 0 Å². The van der Waals surface area contributed by atoms with Crippen LogP contribution in [0.2, 0.25) is 0 Å². The number of carbonyl (C=O) groups excluding carboxylic acids is 1. The molecule has 0 saturated carbocycles. The van der Waals surface area contributed by atoms with E-state index in [1.807, 2.05) is 60.4 Å². The predicted octanol–water partition coefficient (Wildman–Crippen LogP) is 3.90. The highest BCUT2D eigenvalue weighted by atomic mass is 16.2. The summed E-state index contributed by atoms with van der Waals surface area (Å²) in [6.45, 7) is 4.01. The fourth-order valence-corrected chi connectivity index (χ4v) is 4.10. The zero-order valence-corrected chi connectivity index (χ0v) is 17.4. The summed E-state index contributed by atoms with van der Waals surface area (Å²) in [5, 5.41) is 11.7. The highest BCUT2D eigenvalue weighted by Gasteiger charge is 2.29. The molecule has 1 atom stereocenters. The maximum absolute atomic E-state index is 12.7. The van der Waals surface area contributed by atoms with Crippen LogP contribution >= 0.6 is 0 Å². The molecule has 31 heavy (non-hydrogen) atoms. The molecule has 0 spiro atoms. The molecule has 7 heteroatoms. The number of rotatable bonds is 5. The Hall–Kier alpha value is -3.74. The van der Waals surface area contributed by atoms with Crippen LogP contribution in [0.1, 0.15) is 39.8 Å². The van der Waals surface area contributed by atoms with E-state index in [1.54, 1.807) is 0 Å². The van der Waals surface area contributed by atoms with Crippen molar-refractivity contribution in [3.63, 3.8) is 0 Å². The van der Waals surface area contributed by atoms with E-state index in [4.69, 9.17) is 4.98 Å². The van der Waals surface area contributed by atoms with Gasteiger partial charge in [0.25, 0.3) is 5.91 Å². The van der Waals surface area contributed by atoms with Crippen LogP contribution in [-0.2, 0) is 6.54 Å². The Morgan fingerprint density at radius 1 is 1.10 bits per heavy atom. The molecule has 0 bridgehead atoms.